The van der Waals surface area contributed by atoms with Gasteiger partial charge in [-0.15, -0.1) is 10.2 Å². The Morgan fingerprint density at radius 2 is 1.88 bits per heavy atom. The van der Waals surface area contributed by atoms with E-state index in [0.29, 0.717) is 5.16 Å². The van der Waals surface area contributed by atoms with Crippen molar-refractivity contribution < 1.29 is 9.21 Å². The largest absolute Gasteiger partial charge is 0.465 e. The van der Waals surface area contributed by atoms with Gasteiger partial charge in [0, 0.05) is 11.3 Å². The van der Waals surface area contributed by atoms with Crippen LogP contribution in [0.5, 0.6) is 0 Å². The highest BCUT2D eigenvalue weighted by Gasteiger charge is 2.17. The van der Waals surface area contributed by atoms with E-state index < -0.39 is 0 Å². The van der Waals surface area contributed by atoms with Crippen molar-refractivity contribution in [3.8, 4) is 17.1 Å². The monoisotopic (exact) mass is 457 g/mol. The van der Waals surface area contributed by atoms with Crippen LogP contribution < -0.4 is 5.43 Å². The minimum Gasteiger partial charge on any atom is -0.465 e. The topological polar surface area (TPSA) is 85.3 Å². The van der Waals surface area contributed by atoms with Crippen molar-refractivity contribution >= 4 is 30.0 Å². The molecule has 0 atom stereocenters. The summed E-state index contributed by atoms with van der Waals surface area (Å²) >= 11 is 1.31. The fourth-order valence-electron chi connectivity index (χ4n) is 3.07. The zero-order chi connectivity index (χ0) is 23.0. The fourth-order valence-corrected chi connectivity index (χ4v) is 3.81. The molecule has 0 radical (unpaired) electrons. The second-order valence-electron chi connectivity index (χ2n) is 7.33. The summed E-state index contributed by atoms with van der Waals surface area (Å²) in [6.07, 6.45) is 5.01. The number of hydrazone groups is 1. The molecule has 1 amide bonds. The smallest absolute Gasteiger partial charge is 0.250 e. The van der Waals surface area contributed by atoms with E-state index >= 15 is 0 Å². The summed E-state index contributed by atoms with van der Waals surface area (Å²) in [4.78, 5) is 12.3. The molecule has 1 N–H and O–H groups in total. The third kappa shape index (κ3) is 5.87. The molecule has 0 fully saturated rings. The molecule has 2 aromatic heterocycles. The van der Waals surface area contributed by atoms with Crippen molar-refractivity contribution in [1.29, 1.82) is 0 Å². The summed E-state index contributed by atoms with van der Waals surface area (Å²) in [7, 11) is 0. The van der Waals surface area contributed by atoms with Crippen molar-refractivity contribution in [2.75, 3.05) is 5.75 Å². The quantitative estimate of drug-likeness (QED) is 0.225. The van der Waals surface area contributed by atoms with Crippen LogP contribution >= 0.6 is 11.8 Å². The Morgan fingerprint density at radius 1 is 1.09 bits per heavy atom. The first kappa shape index (κ1) is 22.3. The number of nitrogens with zero attached hydrogens (tertiary/aromatic N) is 4. The lowest BCUT2D eigenvalue weighted by molar-refractivity contribution is -0.118. The van der Waals surface area contributed by atoms with Crippen LogP contribution in [0, 0.1) is 6.92 Å². The van der Waals surface area contributed by atoms with Crippen molar-refractivity contribution in [3.05, 3.63) is 89.9 Å². The van der Waals surface area contributed by atoms with Crippen LogP contribution in [0.25, 0.3) is 23.2 Å². The maximum atomic E-state index is 12.3. The molecular formula is C25H23N5O2S. The number of amides is 1. The molecule has 0 aliphatic rings. The van der Waals surface area contributed by atoms with Crippen LogP contribution in [-0.2, 0) is 4.79 Å². The van der Waals surface area contributed by atoms with E-state index in [2.05, 4.69) is 20.7 Å². The van der Waals surface area contributed by atoms with Gasteiger partial charge >= 0.3 is 0 Å². The molecule has 4 aromatic rings. The first-order valence-electron chi connectivity index (χ1n) is 10.3. The van der Waals surface area contributed by atoms with Crippen LogP contribution in [0.15, 0.2) is 93.2 Å². The van der Waals surface area contributed by atoms with Gasteiger partial charge in [-0.25, -0.2) is 5.43 Å². The highest BCUT2D eigenvalue weighted by Crippen LogP contribution is 2.28. The molecular weight excluding hydrogens is 434 g/mol. The van der Waals surface area contributed by atoms with Crippen molar-refractivity contribution in [2.45, 2.75) is 19.0 Å². The van der Waals surface area contributed by atoms with Gasteiger partial charge in [0.2, 0.25) is 0 Å². The maximum Gasteiger partial charge on any atom is 0.250 e. The van der Waals surface area contributed by atoms with Crippen LogP contribution in [0.3, 0.4) is 0 Å². The number of nitrogens with one attached hydrogen (secondary N) is 1. The van der Waals surface area contributed by atoms with Gasteiger partial charge in [0.15, 0.2) is 11.0 Å². The molecule has 166 valence electrons. The minimum atomic E-state index is -0.235. The van der Waals surface area contributed by atoms with Crippen LogP contribution in [0.2, 0.25) is 0 Å². The number of para-hydroxylation sites is 1. The van der Waals surface area contributed by atoms with Crippen molar-refractivity contribution in [2.24, 2.45) is 5.10 Å². The van der Waals surface area contributed by atoms with Crippen molar-refractivity contribution in [1.82, 2.24) is 20.2 Å². The minimum absolute atomic E-state index is 0.150. The Kier molecular flexibility index (Phi) is 7.16. The van der Waals surface area contributed by atoms with E-state index in [1.165, 1.54) is 17.3 Å². The number of rotatable bonds is 8. The molecule has 7 nitrogen and oxygen atoms in total. The molecule has 8 heteroatoms. The molecule has 0 unspecified atom stereocenters. The molecule has 2 heterocycles. The zero-order valence-electron chi connectivity index (χ0n) is 18.3. The van der Waals surface area contributed by atoms with Crippen molar-refractivity contribution in [3.63, 3.8) is 0 Å². The summed E-state index contributed by atoms with van der Waals surface area (Å²) in [5.41, 5.74) is 6.46. The number of aryl methyl sites for hydroxylation is 1. The second-order valence-corrected chi connectivity index (χ2v) is 8.27. The number of hydrogen-bond donors (Lipinski definition) is 1. The zero-order valence-corrected chi connectivity index (χ0v) is 19.1. The van der Waals surface area contributed by atoms with Gasteiger partial charge in [0.1, 0.15) is 5.76 Å². The van der Waals surface area contributed by atoms with E-state index in [0.717, 1.165) is 28.4 Å². The first-order chi connectivity index (χ1) is 16.1. The number of aromatic nitrogens is 3. The van der Waals surface area contributed by atoms with Gasteiger partial charge in [0.25, 0.3) is 5.91 Å². The normalized spacial score (nSPS) is 11.8. The molecule has 4 rings (SSSR count). The number of furan rings is 1. The molecule has 33 heavy (non-hydrogen) atoms. The number of thioether (sulfide) groups is 1. The summed E-state index contributed by atoms with van der Waals surface area (Å²) in [5.74, 6) is 1.37. The number of hydrogen-bond acceptors (Lipinski definition) is 6. The highest BCUT2D eigenvalue weighted by molar-refractivity contribution is 7.99. The van der Waals surface area contributed by atoms with Gasteiger partial charge in [-0.3, -0.25) is 9.36 Å². The Bertz CT molecular complexity index is 1260. The third-order valence-electron chi connectivity index (χ3n) is 4.66. The first-order valence-corrected chi connectivity index (χ1v) is 11.3. The molecule has 0 bridgehead atoms. The van der Waals surface area contributed by atoms with Gasteiger partial charge in [-0.05, 0) is 49.8 Å². The molecule has 0 aliphatic heterocycles. The van der Waals surface area contributed by atoms with E-state index in [9.17, 15) is 4.79 Å². The van der Waals surface area contributed by atoms with E-state index in [4.69, 9.17) is 4.42 Å². The van der Waals surface area contributed by atoms with Gasteiger partial charge in [-0.2, -0.15) is 5.10 Å². The number of carbonyl (C=O) groups excluding carboxylic acids is 1. The van der Waals surface area contributed by atoms with E-state index in [-0.39, 0.29) is 11.7 Å². The maximum absolute atomic E-state index is 12.3. The Hall–Kier alpha value is -3.91. The lowest BCUT2D eigenvalue weighted by atomic mass is 10.1. The predicted molar refractivity (Wildman–Crippen MR) is 131 cm³/mol. The summed E-state index contributed by atoms with van der Waals surface area (Å²) < 4.78 is 7.22. The number of allylic oxidation sites excluding steroid dienone is 1. The van der Waals surface area contributed by atoms with Gasteiger partial charge in [0.05, 0.1) is 18.2 Å². The SMILES string of the molecule is CC(/C=N\NC(=O)CSc1nnc(-c2ccc(C)cc2)n1-c1ccccc1)=C\c1ccco1. The Labute approximate surface area is 196 Å². The lowest BCUT2D eigenvalue weighted by Gasteiger charge is -2.10. The van der Waals surface area contributed by atoms with Gasteiger partial charge < -0.3 is 4.42 Å². The van der Waals surface area contributed by atoms with Crippen LogP contribution in [0.4, 0.5) is 0 Å². The van der Waals surface area contributed by atoms with E-state index in [1.54, 1.807) is 12.5 Å². The van der Waals surface area contributed by atoms with E-state index in [1.807, 2.05) is 91.2 Å². The lowest BCUT2D eigenvalue weighted by Crippen LogP contribution is -2.20. The highest BCUT2D eigenvalue weighted by atomic mass is 32.2. The summed E-state index contributed by atoms with van der Waals surface area (Å²) in [6.45, 7) is 3.92. The second kappa shape index (κ2) is 10.6. The number of benzene rings is 2. The third-order valence-corrected chi connectivity index (χ3v) is 5.59. The van der Waals surface area contributed by atoms with Gasteiger partial charge in [-0.1, -0.05) is 59.8 Å². The Morgan fingerprint density at radius 3 is 2.61 bits per heavy atom. The average molecular weight is 458 g/mol. The van der Waals surface area contributed by atoms with Crippen LogP contribution in [0.1, 0.15) is 18.2 Å². The fraction of sp³-hybridized carbons (Fsp3) is 0.120. The predicted octanol–water partition coefficient (Wildman–Crippen LogP) is 5.13. The van der Waals surface area contributed by atoms with Crippen LogP contribution in [-0.4, -0.2) is 32.6 Å². The standard InChI is InChI=1S/C25H23N5O2S/c1-18-10-12-20(13-11-18)24-28-29-25(30(24)21-7-4-3-5-8-21)33-17-23(31)27-26-16-19(2)15-22-9-6-14-32-22/h3-16H,17H2,1-2H3,(H,27,31)/b19-15+,26-16-. The average Bonchev–Trinajstić information content (AvgIpc) is 3.49. The summed E-state index contributed by atoms with van der Waals surface area (Å²) in [6, 6.07) is 21.6. The molecule has 0 saturated heterocycles. The molecule has 0 aliphatic carbocycles. The number of carbonyl (C=O) groups is 1. The molecule has 0 saturated carbocycles. The molecule has 2 aromatic carbocycles. The Balaban J connectivity index is 1.46. The molecule has 0 spiro atoms. The summed E-state index contributed by atoms with van der Waals surface area (Å²) in [5, 5.41) is 13.4.